The Morgan fingerprint density at radius 2 is 2.07 bits per heavy atom. The number of nitrogens with two attached hydrogens (primary N) is 1. The molecule has 1 aromatic carbocycles. The normalized spacial score (nSPS) is 18.8. The summed E-state index contributed by atoms with van der Waals surface area (Å²) in [5.74, 6) is 1.64. The quantitative estimate of drug-likeness (QED) is 0.717. The van der Waals surface area contributed by atoms with Crippen LogP contribution in [-0.4, -0.2) is 36.1 Å². The van der Waals surface area contributed by atoms with Crippen molar-refractivity contribution < 1.29 is 0 Å². The molecule has 7 heteroatoms. The number of rotatable bonds is 4. The smallest absolute Gasteiger partial charge is 0.229 e. The number of anilines is 4. The summed E-state index contributed by atoms with van der Waals surface area (Å²) in [5, 5.41) is 15.8. The van der Waals surface area contributed by atoms with Crippen molar-refractivity contribution in [1.29, 1.82) is 5.26 Å². The lowest BCUT2D eigenvalue weighted by molar-refractivity contribution is 0.615. The summed E-state index contributed by atoms with van der Waals surface area (Å²) in [4.78, 5) is 12.0. The third-order valence-electron chi connectivity index (χ3n) is 5.40. The highest BCUT2D eigenvalue weighted by atomic mass is 15.3. The maximum absolute atomic E-state index is 9.17. The minimum atomic E-state index is 0.503. The van der Waals surface area contributed by atoms with E-state index in [9.17, 15) is 0 Å². The van der Waals surface area contributed by atoms with Crippen LogP contribution in [0.2, 0.25) is 0 Å². The molecular formula is C20H25N7. The SMILES string of the molecule is CNC1CCN(c2nc(Nc3cc(N)cc(C#N)c3)nc3c2CCCC3)C1. The second-order valence-electron chi connectivity index (χ2n) is 7.30. The molecule has 1 aromatic heterocycles. The summed E-state index contributed by atoms with van der Waals surface area (Å²) in [6, 6.07) is 7.87. The lowest BCUT2D eigenvalue weighted by Crippen LogP contribution is -2.31. The number of aryl methyl sites for hydroxylation is 1. The van der Waals surface area contributed by atoms with Crippen molar-refractivity contribution in [3.8, 4) is 6.07 Å². The number of fused-ring (bicyclic) bond motifs is 1. The van der Waals surface area contributed by atoms with Crippen molar-refractivity contribution in [3.63, 3.8) is 0 Å². The molecule has 0 bridgehead atoms. The van der Waals surface area contributed by atoms with Gasteiger partial charge in [-0.1, -0.05) is 0 Å². The van der Waals surface area contributed by atoms with Crippen LogP contribution in [0.1, 0.15) is 36.1 Å². The summed E-state index contributed by atoms with van der Waals surface area (Å²) in [6.45, 7) is 1.97. The molecule has 0 amide bonds. The predicted molar refractivity (Wildman–Crippen MR) is 107 cm³/mol. The zero-order valence-electron chi connectivity index (χ0n) is 15.6. The molecule has 0 radical (unpaired) electrons. The van der Waals surface area contributed by atoms with Gasteiger partial charge in [0, 0.05) is 36.1 Å². The second kappa shape index (κ2) is 7.41. The zero-order chi connectivity index (χ0) is 18.8. The first-order chi connectivity index (χ1) is 13.2. The minimum Gasteiger partial charge on any atom is -0.399 e. The number of nitrogens with zero attached hydrogens (tertiary/aromatic N) is 4. The van der Waals surface area contributed by atoms with Crippen molar-refractivity contribution in [2.45, 2.75) is 38.1 Å². The van der Waals surface area contributed by atoms with Gasteiger partial charge in [0.25, 0.3) is 0 Å². The van der Waals surface area contributed by atoms with Crippen LogP contribution in [-0.2, 0) is 12.8 Å². The highest BCUT2D eigenvalue weighted by Crippen LogP contribution is 2.32. The maximum atomic E-state index is 9.17. The van der Waals surface area contributed by atoms with Gasteiger partial charge in [0.15, 0.2) is 0 Å². The number of hydrogen-bond acceptors (Lipinski definition) is 7. The molecule has 2 heterocycles. The number of aromatic nitrogens is 2. The van der Waals surface area contributed by atoms with Crippen LogP contribution >= 0.6 is 0 Å². The van der Waals surface area contributed by atoms with E-state index in [1.165, 1.54) is 18.4 Å². The van der Waals surface area contributed by atoms with Crippen molar-refractivity contribution in [2.75, 3.05) is 36.1 Å². The van der Waals surface area contributed by atoms with Gasteiger partial charge >= 0.3 is 0 Å². The van der Waals surface area contributed by atoms with E-state index in [-0.39, 0.29) is 0 Å². The summed E-state index contributed by atoms with van der Waals surface area (Å²) >= 11 is 0. The van der Waals surface area contributed by atoms with Crippen LogP contribution in [0.25, 0.3) is 0 Å². The molecule has 4 N–H and O–H groups in total. The van der Waals surface area contributed by atoms with E-state index in [0.29, 0.717) is 23.2 Å². The third kappa shape index (κ3) is 3.67. The van der Waals surface area contributed by atoms with Gasteiger partial charge in [0.2, 0.25) is 5.95 Å². The fourth-order valence-corrected chi connectivity index (χ4v) is 4.00. The lowest BCUT2D eigenvalue weighted by Gasteiger charge is -2.25. The predicted octanol–water partition coefficient (Wildman–Crippen LogP) is 2.35. The Morgan fingerprint density at radius 1 is 1.22 bits per heavy atom. The average molecular weight is 363 g/mol. The zero-order valence-corrected chi connectivity index (χ0v) is 15.6. The summed E-state index contributed by atoms with van der Waals surface area (Å²) in [6.07, 6.45) is 5.52. The van der Waals surface area contributed by atoms with Crippen LogP contribution in [0.5, 0.6) is 0 Å². The third-order valence-corrected chi connectivity index (χ3v) is 5.40. The van der Waals surface area contributed by atoms with Crippen LogP contribution < -0.4 is 21.3 Å². The number of nitrogens with one attached hydrogen (secondary N) is 2. The van der Waals surface area contributed by atoms with E-state index in [1.54, 1.807) is 18.2 Å². The molecule has 4 rings (SSSR count). The monoisotopic (exact) mass is 363 g/mol. The van der Waals surface area contributed by atoms with Gasteiger partial charge in [-0.25, -0.2) is 4.98 Å². The van der Waals surface area contributed by atoms with E-state index in [4.69, 9.17) is 21.0 Å². The Labute approximate surface area is 159 Å². The van der Waals surface area contributed by atoms with E-state index < -0.39 is 0 Å². The van der Waals surface area contributed by atoms with Crippen molar-refractivity contribution >= 4 is 23.1 Å². The Balaban J connectivity index is 1.69. The summed E-state index contributed by atoms with van der Waals surface area (Å²) < 4.78 is 0. The Morgan fingerprint density at radius 3 is 2.85 bits per heavy atom. The first-order valence-electron chi connectivity index (χ1n) is 9.56. The Bertz CT molecular complexity index is 887. The molecule has 2 aromatic rings. The maximum Gasteiger partial charge on any atom is 0.229 e. The number of likely N-dealkylation sites (N-methyl/N-ethyl adjacent to an activating group) is 1. The fraction of sp³-hybridized carbons (Fsp3) is 0.450. The second-order valence-corrected chi connectivity index (χ2v) is 7.30. The molecule has 1 atom stereocenters. The van der Waals surface area contributed by atoms with Crippen LogP contribution in [0.3, 0.4) is 0 Å². The highest BCUT2D eigenvalue weighted by Gasteiger charge is 2.27. The van der Waals surface area contributed by atoms with Gasteiger partial charge in [-0.05, 0) is 57.4 Å². The summed E-state index contributed by atoms with van der Waals surface area (Å²) in [7, 11) is 2.02. The first-order valence-corrected chi connectivity index (χ1v) is 9.56. The number of nitriles is 1. The standard InChI is InChI=1S/C20H25N7/c1-23-15-6-7-27(12-15)19-17-4-2-3-5-18(17)25-20(26-19)24-16-9-13(11-21)8-14(22)10-16/h8-10,15,23H,2-7,12,22H2,1H3,(H,24,25,26). The molecule has 0 saturated carbocycles. The first kappa shape index (κ1) is 17.6. The van der Waals surface area contributed by atoms with Crippen molar-refractivity contribution in [3.05, 3.63) is 35.0 Å². The highest BCUT2D eigenvalue weighted by molar-refractivity contribution is 5.65. The molecule has 1 unspecified atom stereocenters. The van der Waals surface area contributed by atoms with Crippen LogP contribution in [0, 0.1) is 11.3 Å². The minimum absolute atomic E-state index is 0.503. The van der Waals surface area contributed by atoms with Gasteiger partial charge in [0.05, 0.1) is 17.3 Å². The average Bonchev–Trinajstić information content (AvgIpc) is 3.16. The Hall–Kier alpha value is -2.85. The topological polar surface area (TPSA) is 103 Å². The van der Waals surface area contributed by atoms with Crippen LogP contribution in [0.4, 0.5) is 23.1 Å². The van der Waals surface area contributed by atoms with Gasteiger partial charge in [-0.3, -0.25) is 0 Å². The molecule has 7 nitrogen and oxygen atoms in total. The molecule has 1 aliphatic heterocycles. The molecular weight excluding hydrogens is 338 g/mol. The molecule has 1 aliphatic carbocycles. The van der Waals surface area contributed by atoms with Crippen molar-refractivity contribution in [2.24, 2.45) is 0 Å². The van der Waals surface area contributed by atoms with Gasteiger partial charge in [-0.2, -0.15) is 10.2 Å². The molecule has 1 fully saturated rings. The van der Waals surface area contributed by atoms with E-state index in [1.807, 2.05) is 7.05 Å². The Kier molecular flexibility index (Phi) is 4.82. The van der Waals surface area contributed by atoms with Gasteiger partial charge < -0.3 is 21.3 Å². The molecule has 2 aliphatic rings. The number of hydrogen-bond donors (Lipinski definition) is 3. The summed E-state index contributed by atoms with van der Waals surface area (Å²) in [5.41, 5.74) is 10.2. The fourth-order valence-electron chi connectivity index (χ4n) is 4.00. The molecule has 0 spiro atoms. The number of benzene rings is 1. The van der Waals surface area contributed by atoms with Crippen LogP contribution in [0.15, 0.2) is 18.2 Å². The largest absolute Gasteiger partial charge is 0.399 e. The van der Waals surface area contributed by atoms with Gasteiger partial charge in [-0.15, -0.1) is 0 Å². The lowest BCUT2D eigenvalue weighted by atomic mass is 9.96. The van der Waals surface area contributed by atoms with Gasteiger partial charge in [0.1, 0.15) is 5.82 Å². The number of nitrogen functional groups attached to an aromatic ring is 1. The van der Waals surface area contributed by atoms with Crippen molar-refractivity contribution in [1.82, 2.24) is 15.3 Å². The van der Waals surface area contributed by atoms with E-state index in [2.05, 4.69) is 21.6 Å². The molecule has 140 valence electrons. The molecule has 1 saturated heterocycles. The van der Waals surface area contributed by atoms with E-state index >= 15 is 0 Å². The molecule has 27 heavy (non-hydrogen) atoms. The van der Waals surface area contributed by atoms with E-state index in [0.717, 1.165) is 49.6 Å².